The van der Waals surface area contributed by atoms with E-state index in [1.54, 1.807) is 13.0 Å². The number of nitrogens with zero attached hydrogens (tertiary/aromatic N) is 5. The number of carbonyl (C=O) groups is 1. The Hall–Kier alpha value is -3.12. The van der Waals surface area contributed by atoms with Crippen molar-refractivity contribution in [2.45, 2.75) is 18.5 Å². The number of carbonyl (C=O) groups excluding carboxylic acids is 1. The second-order valence-electron chi connectivity index (χ2n) is 5.71. The molecule has 2 aromatic heterocycles. The van der Waals surface area contributed by atoms with Gasteiger partial charge in [0.05, 0.1) is 16.8 Å². The molecule has 0 aliphatic rings. The zero-order valence-electron chi connectivity index (χ0n) is 15.0. The van der Waals surface area contributed by atoms with E-state index in [0.717, 1.165) is 6.07 Å². The van der Waals surface area contributed by atoms with Crippen molar-refractivity contribution in [1.29, 1.82) is 0 Å². The van der Waals surface area contributed by atoms with Gasteiger partial charge in [0, 0.05) is 30.1 Å². The van der Waals surface area contributed by atoms with E-state index in [0.29, 0.717) is 11.9 Å². The standard InChI is InChI=1S/C16H12Cl2F3N7O2/c1-8(13-24-7-25-28(13)14-22-3-2-4-23-14)26-15(29)27-11-6-12(30-16(18,20)21)9(17)5-10(11)19/h2-8H,1H3,(H2,26,27,29)/t8-/m0/s1. The smallest absolute Gasteiger partial charge is 0.418 e. The Bertz CT molecular complexity index is 1050. The SMILES string of the molecule is C[C@H](NC(=O)Nc1cc(OC(F)(F)Cl)c(Cl)cc1F)c1ncnn1-c1ncccn1. The molecule has 0 aliphatic heterocycles. The minimum Gasteiger partial charge on any atom is -0.418 e. The van der Waals surface area contributed by atoms with Crippen LogP contribution in [0.2, 0.25) is 5.02 Å². The first kappa shape index (κ1) is 21.6. The predicted molar refractivity (Wildman–Crippen MR) is 100 cm³/mol. The van der Waals surface area contributed by atoms with Gasteiger partial charge < -0.3 is 15.4 Å². The van der Waals surface area contributed by atoms with Crippen molar-refractivity contribution >= 4 is 34.9 Å². The van der Waals surface area contributed by atoms with Crippen LogP contribution in [0.15, 0.2) is 36.9 Å². The maximum absolute atomic E-state index is 14.1. The van der Waals surface area contributed by atoms with E-state index >= 15 is 0 Å². The fraction of sp³-hybridized carbons (Fsp3) is 0.188. The van der Waals surface area contributed by atoms with Crippen LogP contribution in [0.25, 0.3) is 5.95 Å². The Morgan fingerprint density at radius 1 is 1.27 bits per heavy atom. The highest BCUT2D eigenvalue weighted by Crippen LogP contribution is 2.35. The second kappa shape index (κ2) is 8.71. The van der Waals surface area contributed by atoms with Crippen molar-refractivity contribution in [3.05, 3.63) is 53.6 Å². The number of urea groups is 1. The number of ether oxygens (including phenoxy) is 1. The fourth-order valence-electron chi connectivity index (χ4n) is 2.35. The molecule has 0 spiro atoms. The summed E-state index contributed by atoms with van der Waals surface area (Å²) in [6, 6.07) is 1.51. The zero-order valence-corrected chi connectivity index (χ0v) is 16.5. The first-order chi connectivity index (χ1) is 14.1. The molecule has 1 aromatic carbocycles. The van der Waals surface area contributed by atoms with E-state index in [9.17, 15) is 18.0 Å². The molecule has 2 N–H and O–H groups in total. The lowest BCUT2D eigenvalue weighted by Crippen LogP contribution is -2.33. The summed E-state index contributed by atoms with van der Waals surface area (Å²) in [7, 11) is 0. The lowest BCUT2D eigenvalue weighted by Gasteiger charge is -2.16. The quantitative estimate of drug-likeness (QED) is 0.539. The third-order valence-electron chi connectivity index (χ3n) is 3.55. The Morgan fingerprint density at radius 2 is 1.97 bits per heavy atom. The van der Waals surface area contributed by atoms with E-state index in [-0.39, 0.29) is 5.95 Å². The van der Waals surface area contributed by atoms with Crippen molar-refractivity contribution in [3.8, 4) is 11.7 Å². The molecule has 0 fully saturated rings. The van der Waals surface area contributed by atoms with Crippen LogP contribution in [0.5, 0.6) is 5.75 Å². The summed E-state index contributed by atoms with van der Waals surface area (Å²) in [6.45, 7) is 1.59. The first-order valence-electron chi connectivity index (χ1n) is 8.13. The van der Waals surface area contributed by atoms with Gasteiger partial charge in [0.1, 0.15) is 17.9 Å². The number of hydrogen-bond acceptors (Lipinski definition) is 6. The highest BCUT2D eigenvalue weighted by atomic mass is 35.5. The summed E-state index contributed by atoms with van der Waals surface area (Å²) in [4.78, 5) is 24.4. The van der Waals surface area contributed by atoms with Crippen LogP contribution in [-0.2, 0) is 0 Å². The Morgan fingerprint density at radius 3 is 2.63 bits per heavy atom. The molecule has 2 amide bonds. The van der Waals surface area contributed by atoms with E-state index in [2.05, 4.69) is 35.4 Å². The molecule has 3 aromatic rings. The number of benzene rings is 1. The maximum Gasteiger partial charge on any atom is 0.487 e. The Labute approximate surface area is 177 Å². The molecule has 3 rings (SSSR count). The van der Waals surface area contributed by atoms with Gasteiger partial charge in [-0.3, -0.25) is 0 Å². The molecule has 0 saturated carbocycles. The predicted octanol–water partition coefficient (Wildman–Crippen LogP) is 3.90. The van der Waals surface area contributed by atoms with Crippen LogP contribution in [0.3, 0.4) is 0 Å². The van der Waals surface area contributed by atoms with E-state index in [1.807, 2.05) is 0 Å². The highest BCUT2D eigenvalue weighted by Gasteiger charge is 2.29. The molecule has 0 aliphatic carbocycles. The van der Waals surface area contributed by atoms with Crippen molar-refractivity contribution < 1.29 is 22.7 Å². The molecule has 0 bridgehead atoms. The van der Waals surface area contributed by atoms with Gasteiger partial charge >= 0.3 is 11.6 Å². The van der Waals surface area contributed by atoms with Gasteiger partial charge in [-0.2, -0.15) is 9.78 Å². The van der Waals surface area contributed by atoms with E-state index < -0.39 is 39.9 Å². The molecule has 158 valence electrons. The van der Waals surface area contributed by atoms with Crippen LogP contribution in [0.4, 0.5) is 23.7 Å². The Balaban J connectivity index is 1.74. The minimum atomic E-state index is -4.07. The third kappa shape index (κ3) is 5.27. The van der Waals surface area contributed by atoms with Crippen LogP contribution >= 0.6 is 23.2 Å². The molecule has 0 radical (unpaired) electrons. The number of amides is 2. The summed E-state index contributed by atoms with van der Waals surface area (Å²) in [5.41, 5.74) is -4.54. The van der Waals surface area contributed by atoms with Crippen molar-refractivity contribution in [2.75, 3.05) is 5.32 Å². The molecule has 14 heteroatoms. The average molecular weight is 462 g/mol. The van der Waals surface area contributed by atoms with Gasteiger partial charge in [-0.15, -0.1) is 8.78 Å². The summed E-state index contributed by atoms with van der Waals surface area (Å²) in [5.74, 6) is -1.08. The van der Waals surface area contributed by atoms with Gasteiger partial charge in [0.2, 0.25) is 0 Å². The average Bonchev–Trinajstić information content (AvgIpc) is 3.15. The van der Waals surface area contributed by atoms with Gasteiger partial charge in [-0.1, -0.05) is 11.6 Å². The normalized spacial score (nSPS) is 12.3. The summed E-state index contributed by atoms with van der Waals surface area (Å²) >= 11 is 10.4. The number of aromatic nitrogens is 5. The Kier molecular flexibility index (Phi) is 6.27. The molecule has 1 atom stereocenters. The van der Waals surface area contributed by atoms with Crippen LogP contribution in [-0.4, -0.2) is 36.3 Å². The number of hydrogen-bond donors (Lipinski definition) is 2. The van der Waals surface area contributed by atoms with Crippen LogP contribution in [0.1, 0.15) is 18.8 Å². The number of alkyl halides is 3. The molecule has 2 heterocycles. The van der Waals surface area contributed by atoms with E-state index in [1.165, 1.54) is 23.4 Å². The largest absolute Gasteiger partial charge is 0.487 e. The molecule has 30 heavy (non-hydrogen) atoms. The van der Waals surface area contributed by atoms with E-state index in [4.69, 9.17) is 23.2 Å². The summed E-state index contributed by atoms with van der Waals surface area (Å²) in [5, 5.41) is 8.23. The lowest BCUT2D eigenvalue weighted by atomic mass is 10.2. The summed E-state index contributed by atoms with van der Waals surface area (Å²) in [6.07, 6.45) is 4.26. The number of rotatable bonds is 6. The van der Waals surface area contributed by atoms with Crippen molar-refractivity contribution in [2.24, 2.45) is 0 Å². The molecule has 0 saturated heterocycles. The molecule has 0 unspecified atom stereocenters. The lowest BCUT2D eigenvalue weighted by molar-refractivity contribution is -0.0964. The fourth-order valence-corrected chi connectivity index (χ4v) is 2.62. The molecule has 9 nitrogen and oxygen atoms in total. The third-order valence-corrected chi connectivity index (χ3v) is 3.92. The first-order valence-corrected chi connectivity index (χ1v) is 8.89. The van der Waals surface area contributed by atoms with Gasteiger partial charge in [0.15, 0.2) is 5.82 Å². The van der Waals surface area contributed by atoms with Gasteiger partial charge in [0.25, 0.3) is 5.95 Å². The number of halogens is 5. The highest BCUT2D eigenvalue weighted by molar-refractivity contribution is 6.32. The minimum absolute atomic E-state index is 0.228. The number of nitrogens with one attached hydrogen (secondary N) is 2. The van der Waals surface area contributed by atoms with Gasteiger partial charge in [-0.05, 0) is 19.1 Å². The van der Waals surface area contributed by atoms with Crippen LogP contribution < -0.4 is 15.4 Å². The van der Waals surface area contributed by atoms with Crippen LogP contribution in [0, 0.1) is 5.82 Å². The zero-order chi connectivity index (χ0) is 21.9. The molecular weight excluding hydrogens is 450 g/mol. The molecular formula is C16H12Cl2F3N7O2. The summed E-state index contributed by atoms with van der Waals surface area (Å²) < 4.78 is 45.2. The van der Waals surface area contributed by atoms with Crippen molar-refractivity contribution in [3.63, 3.8) is 0 Å². The topological polar surface area (TPSA) is 107 Å². The monoisotopic (exact) mass is 461 g/mol. The number of anilines is 1. The second-order valence-corrected chi connectivity index (χ2v) is 6.56. The maximum atomic E-state index is 14.1. The van der Waals surface area contributed by atoms with Crippen molar-refractivity contribution in [1.82, 2.24) is 30.0 Å². The van der Waals surface area contributed by atoms with Gasteiger partial charge in [-0.25, -0.2) is 24.1 Å².